The number of halogens is 1. The lowest BCUT2D eigenvalue weighted by Gasteiger charge is -2.14. The number of nitrogens with zero attached hydrogens (tertiary/aromatic N) is 2. The summed E-state index contributed by atoms with van der Waals surface area (Å²) in [6, 6.07) is 9.62. The van der Waals surface area contributed by atoms with Crippen LogP contribution in [-0.2, 0) is 0 Å². The van der Waals surface area contributed by atoms with Gasteiger partial charge in [-0.3, -0.25) is 4.79 Å². The fourth-order valence-electron chi connectivity index (χ4n) is 2.77. The highest BCUT2D eigenvalue weighted by Crippen LogP contribution is 2.22. The van der Waals surface area contributed by atoms with Crippen LogP contribution in [0, 0.1) is 6.92 Å². The molecule has 1 aromatic carbocycles. The van der Waals surface area contributed by atoms with E-state index >= 15 is 0 Å². The van der Waals surface area contributed by atoms with Gasteiger partial charge in [0.25, 0.3) is 5.91 Å². The third-order valence-electron chi connectivity index (χ3n) is 3.88. The summed E-state index contributed by atoms with van der Waals surface area (Å²) in [4.78, 5) is 21.0. The average molecular weight is 375 g/mol. The van der Waals surface area contributed by atoms with Crippen molar-refractivity contribution in [2.45, 2.75) is 38.6 Å². The van der Waals surface area contributed by atoms with Crippen molar-refractivity contribution in [1.29, 1.82) is 0 Å². The summed E-state index contributed by atoms with van der Waals surface area (Å²) in [7, 11) is 0. The summed E-state index contributed by atoms with van der Waals surface area (Å²) in [5.74, 6) is 1.09. The first-order valence-electron chi connectivity index (χ1n) is 7.79. The zero-order valence-electron chi connectivity index (χ0n) is 13.0. The lowest BCUT2D eigenvalue weighted by atomic mass is 10.2. The second-order valence-electron chi connectivity index (χ2n) is 5.77. The topological polar surface area (TPSA) is 66.9 Å². The molecule has 1 heterocycles. The molecule has 0 spiro atoms. The van der Waals surface area contributed by atoms with E-state index < -0.39 is 0 Å². The average Bonchev–Trinajstić information content (AvgIpc) is 3.02. The molecule has 23 heavy (non-hydrogen) atoms. The van der Waals surface area contributed by atoms with Crippen molar-refractivity contribution in [2.24, 2.45) is 0 Å². The van der Waals surface area contributed by atoms with Crippen LogP contribution >= 0.6 is 15.9 Å². The van der Waals surface area contributed by atoms with Crippen molar-refractivity contribution in [3.8, 4) is 0 Å². The minimum atomic E-state index is -0.229. The maximum Gasteiger partial charge on any atom is 0.274 e. The number of benzene rings is 1. The SMILES string of the molecule is Cc1nc(NC2CCCC2)cc(C(=O)Nc2ccc(Br)cc2)n1. The zero-order chi connectivity index (χ0) is 16.2. The highest BCUT2D eigenvalue weighted by atomic mass is 79.9. The summed E-state index contributed by atoms with van der Waals surface area (Å²) in [6.07, 6.45) is 4.81. The van der Waals surface area contributed by atoms with E-state index in [9.17, 15) is 4.79 Å². The first kappa shape index (κ1) is 15.9. The maximum atomic E-state index is 12.4. The van der Waals surface area contributed by atoms with Crippen LogP contribution < -0.4 is 10.6 Å². The number of hydrogen-bond donors (Lipinski definition) is 2. The van der Waals surface area contributed by atoms with Crippen molar-refractivity contribution in [1.82, 2.24) is 9.97 Å². The molecule has 120 valence electrons. The molecule has 1 saturated carbocycles. The van der Waals surface area contributed by atoms with Gasteiger partial charge in [0.15, 0.2) is 0 Å². The van der Waals surface area contributed by atoms with Gasteiger partial charge in [0.2, 0.25) is 0 Å². The Labute approximate surface area is 144 Å². The quantitative estimate of drug-likeness (QED) is 0.843. The normalized spacial score (nSPS) is 14.7. The van der Waals surface area contributed by atoms with Gasteiger partial charge in [-0.1, -0.05) is 28.8 Å². The number of hydrogen-bond acceptors (Lipinski definition) is 4. The minimum absolute atomic E-state index is 0.229. The number of aryl methyl sites for hydroxylation is 1. The molecule has 1 amide bonds. The van der Waals surface area contributed by atoms with Gasteiger partial charge in [-0.25, -0.2) is 9.97 Å². The smallest absolute Gasteiger partial charge is 0.274 e. The second kappa shape index (κ2) is 7.08. The van der Waals surface area contributed by atoms with E-state index in [1.54, 1.807) is 13.0 Å². The van der Waals surface area contributed by atoms with Crippen LogP contribution in [0.15, 0.2) is 34.8 Å². The van der Waals surface area contributed by atoms with Crippen molar-refractivity contribution in [3.63, 3.8) is 0 Å². The molecule has 1 fully saturated rings. The Bertz CT molecular complexity index is 696. The molecule has 0 bridgehead atoms. The molecule has 0 unspecified atom stereocenters. The monoisotopic (exact) mass is 374 g/mol. The van der Waals surface area contributed by atoms with E-state index in [1.807, 2.05) is 24.3 Å². The van der Waals surface area contributed by atoms with Crippen LogP contribution in [0.4, 0.5) is 11.5 Å². The van der Waals surface area contributed by atoms with E-state index in [-0.39, 0.29) is 5.91 Å². The molecule has 3 rings (SSSR count). The Hall–Kier alpha value is -1.95. The van der Waals surface area contributed by atoms with Crippen molar-refractivity contribution >= 4 is 33.3 Å². The molecule has 0 radical (unpaired) electrons. The van der Waals surface area contributed by atoms with Crippen LogP contribution in [0.1, 0.15) is 42.0 Å². The highest BCUT2D eigenvalue weighted by molar-refractivity contribution is 9.10. The lowest BCUT2D eigenvalue weighted by Crippen LogP contribution is -2.19. The predicted octanol–water partition coefficient (Wildman–Crippen LogP) is 4.15. The summed E-state index contributed by atoms with van der Waals surface area (Å²) in [5, 5.41) is 6.27. The number of anilines is 2. The number of amides is 1. The third-order valence-corrected chi connectivity index (χ3v) is 4.41. The molecule has 5 nitrogen and oxygen atoms in total. The molecule has 2 aromatic rings. The van der Waals surface area contributed by atoms with Crippen LogP contribution in [0.5, 0.6) is 0 Å². The number of carbonyl (C=O) groups excluding carboxylic acids is 1. The van der Waals surface area contributed by atoms with E-state index in [2.05, 4.69) is 36.5 Å². The predicted molar refractivity (Wildman–Crippen MR) is 94.7 cm³/mol. The molecular weight excluding hydrogens is 356 g/mol. The highest BCUT2D eigenvalue weighted by Gasteiger charge is 2.17. The Morgan fingerprint density at radius 1 is 1.17 bits per heavy atom. The molecule has 1 aliphatic carbocycles. The van der Waals surface area contributed by atoms with Crippen LogP contribution in [-0.4, -0.2) is 21.9 Å². The van der Waals surface area contributed by atoms with E-state index in [0.29, 0.717) is 17.6 Å². The largest absolute Gasteiger partial charge is 0.367 e. The summed E-state index contributed by atoms with van der Waals surface area (Å²) in [6.45, 7) is 1.80. The third kappa shape index (κ3) is 4.28. The molecular formula is C17H19BrN4O. The minimum Gasteiger partial charge on any atom is -0.367 e. The van der Waals surface area contributed by atoms with Gasteiger partial charge in [-0.05, 0) is 44.0 Å². The van der Waals surface area contributed by atoms with Gasteiger partial charge in [0, 0.05) is 22.3 Å². The maximum absolute atomic E-state index is 12.4. The van der Waals surface area contributed by atoms with Gasteiger partial charge in [0.1, 0.15) is 17.3 Å². The fraction of sp³-hybridized carbons (Fsp3) is 0.353. The van der Waals surface area contributed by atoms with E-state index in [4.69, 9.17) is 0 Å². The first-order valence-corrected chi connectivity index (χ1v) is 8.58. The number of nitrogens with one attached hydrogen (secondary N) is 2. The van der Waals surface area contributed by atoms with Crippen molar-refractivity contribution in [2.75, 3.05) is 10.6 Å². The molecule has 1 aliphatic rings. The first-order chi connectivity index (χ1) is 11.1. The summed E-state index contributed by atoms with van der Waals surface area (Å²) >= 11 is 3.38. The summed E-state index contributed by atoms with van der Waals surface area (Å²) in [5.41, 5.74) is 1.11. The Morgan fingerprint density at radius 3 is 2.57 bits per heavy atom. The number of rotatable bonds is 4. The standard InChI is InChI=1S/C17H19BrN4O/c1-11-19-15(10-16(20-11)21-13-4-2-3-5-13)17(23)22-14-8-6-12(18)7-9-14/h6-10,13H,2-5H2,1H3,(H,22,23)(H,19,20,21). The Kier molecular flexibility index (Phi) is 4.91. The van der Waals surface area contributed by atoms with Gasteiger partial charge in [0.05, 0.1) is 0 Å². The van der Waals surface area contributed by atoms with Gasteiger partial charge in [-0.2, -0.15) is 0 Å². The van der Waals surface area contributed by atoms with Crippen LogP contribution in [0.3, 0.4) is 0 Å². The van der Waals surface area contributed by atoms with E-state index in [1.165, 1.54) is 12.8 Å². The van der Waals surface area contributed by atoms with E-state index in [0.717, 1.165) is 28.8 Å². The molecule has 1 aromatic heterocycles. The molecule has 0 aliphatic heterocycles. The molecule has 6 heteroatoms. The van der Waals surface area contributed by atoms with Gasteiger partial charge >= 0.3 is 0 Å². The fourth-order valence-corrected chi connectivity index (χ4v) is 3.03. The molecule has 0 saturated heterocycles. The summed E-state index contributed by atoms with van der Waals surface area (Å²) < 4.78 is 0.969. The number of aromatic nitrogens is 2. The zero-order valence-corrected chi connectivity index (χ0v) is 14.6. The molecule has 0 atom stereocenters. The second-order valence-corrected chi connectivity index (χ2v) is 6.69. The van der Waals surface area contributed by atoms with Crippen LogP contribution in [0.2, 0.25) is 0 Å². The van der Waals surface area contributed by atoms with Crippen LogP contribution in [0.25, 0.3) is 0 Å². The number of carbonyl (C=O) groups is 1. The van der Waals surface area contributed by atoms with Gasteiger partial charge in [-0.15, -0.1) is 0 Å². The Balaban J connectivity index is 1.74. The Morgan fingerprint density at radius 2 is 1.87 bits per heavy atom. The lowest BCUT2D eigenvalue weighted by molar-refractivity contribution is 0.102. The van der Waals surface area contributed by atoms with Crippen molar-refractivity contribution < 1.29 is 4.79 Å². The van der Waals surface area contributed by atoms with Crippen molar-refractivity contribution in [3.05, 3.63) is 46.3 Å². The molecule has 2 N–H and O–H groups in total. The van der Waals surface area contributed by atoms with Gasteiger partial charge < -0.3 is 10.6 Å².